The van der Waals surface area contributed by atoms with Crippen LogP contribution in [0.3, 0.4) is 0 Å². The molecule has 3 atom stereocenters. The summed E-state index contributed by atoms with van der Waals surface area (Å²) in [7, 11) is 0. The third-order valence-corrected chi connectivity index (χ3v) is 6.23. The lowest BCUT2D eigenvalue weighted by molar-refractivity contribution is -0.122. The molecule has 0 spiro atoms. The summed E-state index contributed by atoms with van der Waals surface area (Å²) >= 11 is 0. The van der Waals surface area contributed by atoms with Crippen molar-refractivity contribution in [1.82, 2.24) is 10.7 Å². The van der Waals surface area contributed by atoms with Gasteiger partial charge in [-0.15, -0.1) is 0 Å². The van der Waals surface area contributed by atoms with E-state index in [9.17, 15) is 4.79 Å². The number of fused-ring (bicyclic) bond motifs is 3. The number of benzene rings is 2. The van der Waals surface area contributed by atoms with Crippen molar-refractivity contribution in [2.45, 2.75) is 44.2 Å². The number of piperidine rings is 1. The fourth-order valence-electron chi connectivity index (χ4n) is 4.66. The molecule has 1 amide bonds. The Bertz CT molecular complexity index is 943. The molecule has 5 rings (SSSR count). The van der Waals surface area contributed by atoms with Crippen LogP contribution in [-0.4, -0.2) is 37.0 Å². The van der Waals surface area contributed by atoms with Gasteiger partial charge in [0.05, 0.1) is 5.69 Å². The number of amides is 1. The molecule has 150 valence electrons. The zero-order valence-electron chi connectivity index (χ0n) is 16.6. The van der Waals surface area contributed by atoms with Crippen LogP contribution in [0.1, 0.15) is 36.8 Å². The molecular weight excluding hydrogens is 364 g/mol. The lowest BCUT2D eigenvalue weighted by Crippen LogP contribution is -2.55. The van der Waals surface area contributed by atoms with E-state index >= 15 is 0 Å². The van der Waals surface area contributed by atoms with Crippen LogP contribution in [0, 0.1) is 0 Å². The Morgan fingerprint density at radius 2 is 2.07 bits per heavy atom. The Kier molecular flexibility index (Phi) is 4.72. The maximum atomic E-state index is 12.2. The van der Waals surface area contributed by atoms with E-state index in [1.54, 1.807) is 0 Å². The predicted octanol–water partition coefficient (Wildman–Crippen LogP) is 2.80. The maximum absolute atomic E-state index is 12.2. The molecule has 2 N–H and O–H groups in total. The third kappa shape index (κ3) is 3.49. The van der Waals surface area contributed by atoms with Gasteiger partial charge < -0.3 is 15.0 Å². The van der Waals surface area contributed by atoms with E-state index in [-0.39, 0.29) is 11.9 Å². The van der Waals surface area contributed by atoms with E-state index in [4.69, 9.17) is 4.74 Å². The SMILES string of the molecule is CC1C(=O)NN=C2COc3ccc(C4CCNC(Cc5ccccc5)C4)cc3N21. The van der Waals surface area contributed by atoms with Gasteiger partial charge in [-0.05, 0) is 61.9 Å². The van der Waals surface area contributed by atoms with E-state index < -0.39 is 0 Å². The van der Waals surface area contributed by atoms with Crippen molar-refractivity contribution < 1.29 is 9.53 Å². The van der Waals surface area contributed by atoms with Crippen molar-refractivity contribution in [1.29, 1.82) is 0 Å². The lowest BCUT2D eigenvalue weighted by Gasteiger charge is -2.39. The minimum Gasteiger partial charge on any atom is -0.483 e. The van der Waals surface area contributed by atoms with E-state index in [1.165, 1.54) is 11.1 Å². The Morgan fingerprint density at radius 1 is 1.21 bits per heavy atom. The number of hydrazone groups is 1. The van der Waals surface area contributed by atoms with Gasteiger partial charge in [0.25, 0.3) is 5.91 Å². The molecule has 0 saturated carbocycles. The quantitative estimate of drug-likeness (QED) is 0.846. The minimum absolute atomic E-state index is 0.0863. The van der Waals surface area contributed by atoms with Crippen molar-refractivity contribution in [3.63, 3.8) is 0 Å². The molecule has 0 radical (unpaired) electrons. The molecule has 6 heteroatoms. The number of rotatable bonds is 3. The van der Waals surface area contributed by atoms with Gasteiger partial charge in [0.15, 0.2) is 5.84 Å². The smallest absolute Gasteiger partial charge is 0.262 e. The summed E-state index contributed by atoms with van der Waals surface area (Å²) in [5, 5.41) is 7.87. The topological polar surface area (TPSA) is 66.0 Å². The largest absolute Gasteiger partial charge is 0.483 e. The first-order chi connectivity index (χ1) is 14.2. The highest BCUT2D eigenvalue weighted by atomic mass is 16.5. The number of amidine groups is 1. The number of hydrogen-bond acceptors (Lipinski definition) is 5. The first kappa shape index (κ1) is 18.2. The van der Waals surface area contributed by atoms with Crippen LogP contribution in [0.25, 0.3) is 0 Å². The lowest BCUT2D eigenvalue weighted by atomic mass is 9.84. The van der Waals surface area contributed by atoms with Crippen LogP contribution in [0.5, 0.6) is 5.75 Å². The monoisotopic (exact) mass is 390 g/mol. The molecule has 0 aliphatic carbocycles. The number of hydrogen-bond donors (Lipinski definition) is 2. The van der Waals surface area contributed by atoms with Gasteiger partial charge in [-0.2, -0.15) is 5.10 Å². The van der Waals surface area contributed by atoms with E-state index in [2.05, 4.69) is 64.4 Å². The first-order valence-electron chi connectivity index (χ1n) is 10.4. The van der Waals surface area contributed by atoms with Crippen molar-refractivity contribution >= 4 is 17.4 Å². The summed E-state index contributed by atoms with van der Waals surface area (Å²) < 4.78 is 5.88. The Morgan fingerprint density at radius 3 is 2.93 bits per heavy atom. The second kappa shape index (κ2) is 7.52. The number of ether oxygens (including phenoxy) is 1. The molecule has 2 aromatic carbocycles. The molecule has 3 heterocycles. The highest BCUT2D eigenvalue weighted by molar-refractivity contribution is 6.09. The molecule has 1 fully saturated rings. The molecule has 3 unspecified atom stereocenters. The molecule has 0 bridgehead atoms. The van der Waals surface area contributed by atoms with Crippen LogP contribution in [0.15, 0.2) is 53.6 Å². The zero-order chi connectivity index (χ0) is 19.8. The van der Waals surface area contributed by atoms with Gasteiger partial charge in [-0.25, -0.2) is 5.43 Å². The molecular formula is C23H26N4O2. The first-order valence-corrected chi connectivity index (χ1v) is 10.4. The Hall–Kier alpha value is -2.86. The summed E-state index contributed by atoms with van der Waals surface area (Å²) in [5.41, 5.74) is 6.22. The van der Waals surface area contributed by atoms with E-state index in [0.717, 1.165) is 43.1 Å². The predicted molar refractivity (Wildman–Crippen MR) is 113 cm³/mol. The number of carbonyl (C=O) groups excluding carboxylic acids is 1. The highest BCUT2D eigenvalue weighted by Gasteiger charge is 2.35. The summed E-state index contributed by atoms with van der Waals surface area (Å²) in [4.78, 5) is 14.2. The van der Waals surface area contributed by atoms with Gasteiger partial charge in [0.2, 0.25) is 0 Å². The van der Waals surface area contributed by atoms with E-state index in [0.29, 0.717) is 18.6 Å². The van der Waals surface area contributed by atoms with Crippen LogP contribution >= 0.6 is 0 Å². The van der Waals surface area contributed by atoms with Crippen LogP contribution < -0.4 is 20.4 Å². The summed E-state index contributed by atoms with van der Waals surface area (Å²) in [5.74, 6) is 1.99. The number of carbonyl (C=O) groups is 1. The number of nitrogens with zero attached hydrogens (tertiary/aromatic N) is 2. The Labute approximate surface area is 170 Å². The Balaban J connectivity index is 1.39. The second-order valence-electron chi connectivity index (χ2n) is 8.13. The second-order valence-corrected chi connectivity index (χ2v) is 8.13. The van der Waals surface area contributed by atoms with E-state index in [1.807, 2.05) is 11.8 Å². The molecule has 3 aliphatic heterocycles. The van der Waals surface area contributed by atoms with Crippen molar-refractivity contribution in [3.8, 4) is 5.75 Å². The minimum atomic E-state index is -0.292. The normalized spacial score (nSPS) is 26.0. The van der Waals surface area contributed by atoms with Crippen molar-refractivity contribution in [2.75, 3.05) is 18.1 Å². The van der Waals surface area contributed by atoms with Crippen LogP contribution in [0.4, 0.5) is 5.69 Å². The van der Waals surface area contributed by atoms with Gasteiger partial charge >= 0.3 is 0 Å². The molecule has 29 heavy (non-hydrogen) atoms. The summed E-state index contributed by atoms with van der Waals surface area (Å²) in [6, 6.07) is 17.3. The fourth-order valence-corrected chi connectivity index (χ4v) is 4.66. The van der Waals surface area contributed by atoms with Crippen LogP contribution in [0.2, 0.25) is 0 Å². The molecule has 0 aromatic heterocycles. The maximum Gasteiger partial charge on any atom is 0.262 e. The average Bonchev–Trinajstić information content (AvgIpc) is 2.76. The standard InChI is InChI=1S/C23H26N4O2/c1-15-23(28)26-25-22-14-29-21-8-7-17(13-20(21)27(15)22)18-9-10-24-19(12-18)11-16-5-3-2-4-6-16/h2-8,13,15,18-19,24H,9-12,14H2,1H3,(H,26,28). The van der Waals surface area contributed by atoms with Gasteiger partial charge in [0.1, 0.15) is 18.4 Å². The molecule has 1 saturated heterocycles. The van der Waals surface area contributed by atoms with Gasteiger partial charge in [-0.3, -0.25) is 4.79 Å². The molecule has 2 aromatic rings. The van der Waals surface area contributed by atoms with Crippen molar-refractivity contribution in [2.24, 2.45) is 5.10 Å². The summed E-state index contributed by atoms with van der Waals surface area (Å²) in [6.45, 7) is 3.31. The molecule has 3 aliphatic rings. The van der Waals surface area contributed by atoms with Gasteiger partial charge in [-0.1, -0.05) is 36.4 Å². The van der Waals surface area contributed by atoms with Crippen molar-refractivity contribution in [3.05, 3.63) is 59.7 Å². The average molecular weight is 390 g/mol. The highest BCUT2D eigenvalue weighted by Crippen LogP contribution is 2.39. The number of nitrogens with one attached hydrogen (secondary N) is 2. The fraction of sp³-hybridized carbons (Fsp3) is 0.391. The van der Waals surface area contributed by atoms with Crippen LogP contribution in [-0.2, 0) is 11.2 Å². The third-order valence-electron chi connectivity index (χ3n) is 6.23. The summed E-state index contributed by atoms with van der Waals surface area (Å²) in [6.07, 6.45) is 3.26. The molecule has 6 nitrogen and oxygen atoms in total. The van der Waals surface area contributed by atoms with Gasteiger partial charge in [0, 0.05) is 6.04 Å². The number of anilines is 1. The zero-order valence-corrected chi connectivity index (χ0v) is 16.6.